The van der Waals surface area contributed by atoms with Crippen molar-refractivity contribution in [1.82, 2.24) is 14.5 Å². The lowest BCUT2D eigenvalue weighted by atomic mass is 10.3. The first-order chi connectivity index (χ1) is 6.18. The van der Waals surface area contributed by atoms with Gasteiger partial charge in [-0.25, -0.2) is 4.79 Å². The third-order valence-corrected chi connectivity index (χ3v) is 2.02. The van der Waals surface area contributed by atoms with E-state index >= 15 is 0 Å². The number of fused-ring (bicyclic) bond motifs is 1. The highest BCUT2D eigenvalue weighted by atomic mass is 16.1. The molecule has 13 heavy (non-hydrogen) atoms. The fourth-order valence-electron chi connectivity index (χ4n) is 1.30. The molecular formula is C9H11N3O. The van der Waals surface area contributed by atoms with E-state index in [2.05, 4.69) is 9.97 Å². The molecule has 0 unspecified atom stereocenters. The molecule has 0 bridgehead atoms. The highest BCUT2D eigenvalue weighted by molar-refractivity contribution is 5.73. The molecule has 0 spiro atoms. The van der Waals surface area contributed by atoms with E-state index in [0.29, 0.717) is 5.65 Å². The monoisotopic (exact) mass is 177 g/mol. The molecule has 0 atom stereocenters. The Balaban J connectivity index is 2.77. The van der Waals surface area contributed by atoms with E-state index in [1.165, 1.54) is 0 Å². The van der Waals surface area contributed by atoms with Crippen molar-refractivity contribution in [2.24, 2.45) is 0 Å². The van der Waals surface area contributed by atoms with E-state index in [9.17, 15) is 4.79 Å². The maximum atomic E-state index is 11.4. The van der Waals surface area contributed by atoms with E-state index in [0.717, 1.165) is 5.39 Å². The van der Waals surface area contributed by atoms with Crippen LogP contribution in [0, 0.1) is 0 Å². The molecule has 0 aliphatic rings. The zero-order chi connectivity index (χ0) is 9.42. The molecule has 0 saturated heterocycles. The first-order valence-corrected chi connectivity index (χ1v) is 4.25. The Bertz CT molecular complexity index is 481. The van der Waals surface area contributed by atoms with Crippen LogP contribution in [0.5, 0.6) is 0 Å². The van der Waals surface area contributed by atoms with Crippen molar-refractivity contribution in [3.8, 4) is 0 Å². The molecule has 1 N–H and O–H groups in total. The van der Waals surface area contributed by atoms with Gasteiger partial charge in [0.25, 0.3) is 0 Å². The van der Waals surface area contributed by atoms with Crippen LogP contribution in [0.4, 0.5) is 0 Å². The molecule has 2 rings (SSSR count). The predicted octanol–water partition coefficient (Wildman–Crippen LogP) is 1.31. The fraction of sp³-hybridized carbons (Fsp3) is 0.333. The number of nitrogens with zero attached hydrogens (tertiary/aromatic N) is 2. The van der Waals surface area contributed by atoms with Crippen LogP contribution in [-0.4, -0.2) is 14.5 Å². The molecular weight excluding hydrogens is 166 g/mol. The van der Waals surface area contributed by atoms with E-state index in [4.69, 9.17) is 0 Å². The van der Waals surface area contributed by atoms with Crippen LogP contribution in [0.3, 0.4) is 0 Å². The van der Waals surface area contributed by atoms with Crippen molar-refractivity contribution in [2.45, 2.75) is 19.9 Å². The zero-order valence-electron chi connectivity index (χ0n) is 7.61. The Kier molecular flexibility index (Phi) is 1.69. The summed E-state index contributed by atoms with van der Waals surface area (Å²) in [4.78, 5) is 18.2. The molecule has 0 aromatic carbocycles. The van der Waals surface area contributed by atoms with Gasteiger partial charge in [-0.05, 0) is 19.9 Å². The van der Waals surface area contributed by atoms with Gasteiger partial charge >= 0.3 is 5.69 Å². The summed E-state index contributed by atoms with van der Waals surface area (Å²) in [6.07, 6.45) is 3.60. The first kappa shape index (κ1) is 8.04. The third-order valence-electron chi connectivity index (χ3n) is 2.02. The normalized spacial score (nSPS) is 11.3. The minimum absolute atomic E-state index is 0.152. The maximum absolute atomic E-state index is 11.4. The standard InChI is InChI=1S/C9H11N3O/c1-6(2)12-5-7-3-4-10-8(7)11-9(12)13/h3-6H,1-2H3,(H,10,11,13). The summed E-state index contributed by atoms with van der Waals surface area (Å²) in [6.45, 7) is 3.92. The van der Waals surface area contributed by atoms with Gasteiger partial charge in [0.1, 0.15) is 5.65 Å². The van der Waals surface area contributed by atoms with Crippen LogP contribution in [-0.2, 0) is 0 Å². The summed E-state index contributed by atoms with van der Waals surface area (Å²) in [5, 5.41) is 0.966. The van der Waals surface area contributed by atoms with Crippen molar-refractivity contribution in [3.05, 3.63) is 28.9 Å². The minimum atomic E-state index is -0.204. The van der Waals surface area contributed by atoms with Gasteiger partial charge in [-0.2, -0.15) is 4.98 Å². The SMILES string of the molecule is CC(C)n1cc2cc[nH]c2nc1=O. The maximum Gasteiger partial charge on any atom is 0.349 e. The number of hydrogen-bond donors (Lipinski definition) is 1. The number of H-pyrrole nitrogens is 1. The highest BCUT2D eigenvalue weighted by Gasteiger charge is 2.04. The van der Waals surface area contributed by atoms with Crippen molar-refractivity contribution >= 4 is 11.0 Å². The first-order valence-electron chi connectivity index (χ1n) is 4.25. The second kappa shape index (κ2) is 2.73. The summed E-state index contributed by atoms with van der Waals surface area (Å²) in [5.41, 5.74) is 0.451. The highest BCUT2D eigenvalue weighted by Crippen LogP contribution is 2.08. The molecule has 2 aromatic heterocycles. The molecule has 4 heteroatoms. The Hall–Kier alpha value is -1.58. The Morgan fingerprint density at radius 3 is 3.00 bits per heavy atom. The molecule has 68 valence electrons. The molecule has 0 saturated carbocycles. The predicted molar refractivity (Wildman–Crippen MR) is 50.7 cm³/mol. The van der Waals surface area contributed by atoms with Crippen LogP contribution >= 0.6 is 0 Å². The van der Waals surface area contributed by atoms with Gasteiger partial charge in [0.2, 0.25) is 0 Å². The second-order valence-corrected chi connectivity index (χ2v) is 3.31. The van der Waals surface area contributed by atoms with Gasteiger partial charge in [-0.3, -0.25) is 4.57 Å². The Labute approximate surface area is 75.2 Å². The number of aromatic nitrogens is 3. The molecule has 0 aliphatic heterocycles. The van der Waals surface area contributed by atoms with Crippen LogP contribution in [0.25, 0.3) is 11.0 Å². The van der Waals surface area contributed by atoms with Gasteiger partial charge in [-0.15, -0.1) is 0 Å². The Morgan fingerprint density at radius 1 is 1.54 bits per heavy atom. The summed E-state index contributed by atoms with van der Waals surface area (Å²) < 4.78 is 1.62. The smallest absolute Gasteiger partial charge is 0.346 e. The average molecular weight is 177 g/mol. The van der Waals surface area contributed by atoms with Gasteiger partial charge < -0.3 is 4.98 Å². The van der Waals surface area contributed by atoms with E-state index in [1.54, 1.807) is 10.8 Å². The van der Waals surface area contributed by atoms with Gasteiger partial charge in [0.05, 0.1) is 0 Å². The number of hydrogen-bond acceptors (Lipinski definition) is 2. The summed E-state index contributed by atoms with van der Waals surface area (Å²) >= 11 is 0. The Morgan fingerprint density at radius 2 is 2.31 bits per heavy atom. The summed E-state index contributed by atoms with van der Waals surface area (Å²) in [6, 6.07) is 2.06. The molecule has 2 heterocycles. The number of nitrogens with one attached hydrogen (secondary N) is 1. The summed E-state index contributed by atoms with van der Waals surface area (Å²) in [7, 11) is 0. The molecule has 0 amide bonds. The van der Waals surface area contributed by atoms with E-state index in [1.807, 2.05) is 26.1 Å². The van der Waals surface area contributed by atoms with Gasteiger partial charge in [0.15, 0.2) is 0 Å². The molecule has 0 fully saturated rings. The second-order valence-electron chi connectivity index (χ2n) is 3.31. The average Bonchev–Trinajstić information content (AvgIpc) is 2.48. The lowest BCUT2D eigenvalue weighted by Gasteiger charge is -2.07. The van der Waals surface area contributed by atoms with Gasteiger partial charge in [0, 0.05) is 23.8 Å². The molecule has 2 aromatic rings. The van der Waals surface area contributed by atoms with Crippen molar-refractivity contribution < 1.29 is 0 Å². The van der Waals surface area contributed by atoms with Crippen LogP contribution < -0.4 is 5.69 Å². The zero-order valence-corrected chi connectivity index (χ0v) is 7.61. The quantitative estimate of drug-likeness (QED) is 0.713. The molecule has 0 radical (unpaired) electrons. The van der Waals surface area contributed by atoms with Crippen LogP contribution in [0.1, 0.15) is 19.9 Å². The lowest BCUT2D eigenvalue weighted by Crippen LogP contribution is -2.23. The van der Waals surface area contributed by atoms with Crippen LogP contribution in [0.2, 0.25) is 0 Å². The van der Waals surface area contributed by atoms with Crippen LogP contribution in [0.15, 0.2) is 23.3 Å². The van der Waals surface area contributed by atoms with E-state index < -0.39 is 0 Å². The van der Waals surface area contributed by atoms with Crippen molar-refractivity contribution in [3.63, 3.8) is 0 Å². The topological polar surface area (TPSA) is 50.7 Å². The number of rotatable bonds is 1. The van der Waals surface area contributed by atoms with E-state index in [-0.39, 0.29) is 11.7 Å². The minimum Gasteiger partial charge on any atom is -0.346 e. The third kappa shape index (κ3) is 1.24. The van der Waals surface area contributed by atoms with Crippen molar-refractivity contribution in [2.75, 3.05) is 0 Å². The largest absolute Gasteiger partial charge is 0.349 e. The van der Waals surface area contributed by atoms with Crippen molar-refractivity contribution in [1.29, 1.82) is 0 Å². The number of aromatic amines is 1. The summed E-state index contributed by atoms with van der Waals surface area (Å²) in [5.74, 6) is 0. The molecule has 4 nitrogen and oxygen atoms in total. The van der Waals surface area contributed by atoms with Gasteiger partial charge in [-0.1, -0.05) is 0 Å². The molecule has 0 aliphatic carbocycles. The fourth-order valence-corrected chi connectivity index (χ4v) is 1.30. The lowest BCUT2D eigenvalue weighted by molar-refractivity contribution is 0.569.